The summed E-state index contributed by atoms with van der Waals surface area (Å²) in [6, 6.07) is 3.11. The Kier molecular flexibility index (Phi) is 3.31. The predicted molar refractivity (Wildman–Crippen MR) is 76.1 cm³/mol. The van der Waals surface area contributed by atoms with Crippen LogP contribution >= 0.6 is 0 Å². The van der Waals surface area contributed by atoms with Gasteiger partial charge < -0.3 is 23.0 Å². The lowest BCUT2D eigenvalue weighted by molar-refractivity contribution is 0.164. The van der Waals surface area contributed by atoms with Crippen LogP contribution < -0.4 is 14.9 Å². The Bertz CT molecular complexity index is 858. The zero-order valence-corrected chi connectivity index (χ0v) is 11.9. The Balaban J connectivity index is 2.53. The zero-order chi connectivity index (χ0) is 15.0. The molecular formula is C15H14O6. The lowest BCUT2D eigenvalue weighted by atomic mass is 10.1. The highest BCUT2D eigenvalue weighted by molar-refractivity contribution is 6.06. The molecule has 0 spiro atoms. The first kappa shape index (κ1) is 13.5. The lowest BCUT2D eigenvalue weighted by Gasteiger charge is -2.11. The van der Waals surface area contributed by atoms with Crippen molar-refractivity contribution in [3.8, 4) is 11.5 Å². The number of fused-ring (bicyclic) bond motifs is 2. The van der Waals surface area contributed by atoms with Gasteiger partial charge in [0.15, 0.2) is 16.6 Å². The number of rotatable bonds is 4. The first-order valence-electron chi connectivity index (χ1n) is 6.28. The van der Waals surface area contributed by atoms with Gasteiger partial charge in [-0.2, -0.15) is 0 Å². The molecule has 0 bridgehead atoms. The number of ether oxygens (including phenoxy) is 3. The molecule has 110 valence electrons. The van der Waals surface area contributed by atoms with E-state index in [0.29, 0.717) is 33.6 Å². The number of hydrogen-bond acceptors (Lipinski definition) is 6. The fraction of sp³-hybridized carbons (Fsp3) is 0.267. The topological polar surface area (TPSA) is 71.0 Å². The first-order valence-corrected chi connectivity index (χ1v) is 6.28. The number of benzene rings is 1. The summed E-state index contributed by atoms with van der Waals surface area (Å²) in [5, 5.41) is 0.983. The molecule has 0 fully saturated rings. The Morgan fingerprint density at radius 3 is 2.52 bits per heavy atom. The van der Waals surface area contributed by atoms with E-state index in [1.165, 1.54) is 33.7 Å². The van der Waals surface area contributed by atoms with E-state index in [1.807, 2.05) is 0 Å². The smallest absolute Gasteiger partial charge is 0.206 e. The van der Waals surface area contributed by atoms with Gasteiger partial charge in [0.1, 0.15) is 23.5 Å². The van der Waals surface area contributed by atoms with Crippen LogP contribution in [0.3, 0.4) is 0 Å². The number of methoxy groups -OCH3 is 3. The lowest BCUT2D eigenvalue weighted by Crippen LogP contribution is -2.06. The van der Waals surface area contributed by atoms with E-state index in [1.54, 1.807) is 6.07 Å². The van der Waals surface area contributed by atoms with Gasteiger partial charge in [-0.05, 0) is 6.07 Å². The van der Waals surface area contributed by atoms with Crippen LogP contribution in [0.1, 0.15) is 5.76 Å². The molecule has 0 saturated heterocycles. The van der Waals surface area contributed by atoms with Crippen molar-refractivity contribution in [2.45, 2.75) is 6.61 Å². The van der Waals surface area contributed by atoms with Gasteiger partial charge in [0.05, 0.1) is 25.9 Å². The molecule has 0 N–H and O–H groups in total. The van der Waals surface area contributed by atoms with Gasteiger partial charge in [-0.3, -0.25) is 4.79 Å². The van der Waals surface area contributed by atoms with Crippen LogP contribution in [0.2, 0.25) is 0 Å². The highest BCUT2D eigenvalue weighted by atomic mass is 16.5. The van der Waals surface area contributed by atoms with E-state index in [0.717, 1.165) is 0 Å². The molecule has 21 heavy (non-hydrogen) atoms. The summed E-state index contributed by atoms with van der Waals surface area (Å²) in [7, 11) is 4.51. The molecule has 0 aliphatic heterocycles. The van der Waals surface area contributed by atoms with E-state index in [-0.39, 0.29) is 17.6 Å². The highest BCUT2D eigenvalue weighted by Crippen LogP contribution is 2.41. The van der Waals surface area contributed by atoms with Crippen LogP contribution in [0, 0.1) is 0 Å². The number of hydrogen-bond donors (Lipinski definition) is 0. The Morgan fingerprint density at radius 2 is 1.86 bits per heavy atom. The van der Waals surface area contributed by atoms with Crippen LogP contribution in [0.4, 0.5) is 0 Å². The van der Waals surface area contributed by atoms with Crippen LogP contribution in [-0.4, -0.2) is 21.3 Å². The van der Waals surface area contributed by atoms with Crippen molar-refractivity contribution in [2.24, 2.45) is 0 Å². The van der Waals surface area contributed by atoms with Crippen LogP contribution in [0.15, 0.2) is 32.0 Å². The minimum atomic E-state index is -0.221. The molecule has 6 nitrogen and oxygen atoms in total. The highest BCUT2D eigenvalue weighted by Gasteiger charge is 2.22. The third kappa shape index (κ3) is 1.95. The molecule has 0 amide bonds. The van der Waals surface area contributed by atoms with E-state index in [4.69, 9.17) is 23.0 Å². The van der Waals surface area contributed by atoms with Crippen molar-refractivity contribution in [1.82, 2.24) is 0 Å². The van der Waals surface area contributed by atoms with E-state index < -0.39 is 0 Å². The second kappa shape index (κ2) is 5.14. The maximum Gasteiger partial charge on any atom is 0.206 e. The fourth-order valence-electron chi connectivity index (χ4n) is 2.43. The van der Waals surface area contributed by atoms with Gasteiger partial charge in [0.2, 0.25) is 5.75 Å². The fourth-order valence-corrected chi connectivity index (χ4v) is 2.43. The van der Waals surface area contributed by atoms with Gasteiger partial charge >= 0.3 is 0 Å². The zero-order valence-electron chi connectivity index (χ0n) is 11.9. The van der Waals surface area contributed by atoms with Gasteiger partial charge in [0, 0.05) is 13.2 Å². The Morgan fingerprint density at radius 1 is 1.10 bits per heavy atom. The SMILES string of the molecule is COCc1cc(=O)c2c(OC)c3ccoc3c(OC)c2o1. The molecule has 3 rings (SSSR count). The second-order valence-corrected chi connectivity index (χ2v) is 4.44. The summed E-state index contributed by atoms with van der Waals surface area (Å²) in [6.45, 7) is 0.187. The summed E-state index contributed by atoms with van der Waals surface area (Å²) >= 11 is 0. The third-order valence-corrected chi connectivity index (χ3v) is 3.24. The van der Waals surface area contributed by atoms with Crippen molar-refractivity contribution in [3.63, 3.8) is 0 Å². The summed E-state index contributed by atoms with van der Waals surface area (Å²) in [5.74, 6) is 1.18. The molecule has 2 heterocycles. The standard InChI is InChI=1S/C15H14O6/c1-17-7-8-6-10(16)11-12(18-2)9-4-5-20-13(9)15(19-3)14(11)21-8/h4-6H,7H2,1-3H3. The quantitative estimate of drug-likeness (QED) is 0.735. The molecule has 0 aliphatic rings. The summed E-state index contributed by atoms with van der Waals surface area (Å²) in [5.41, 5.74) is 0.539. The maximum absolute atomic E-state index is 12.4. The molecule has 1 aromatic carbocycles. The molecule has 0 saturated carbocycles. The van der Waals surface area contributed by atoms with E-state index in [2.05, 4.69) is 0 Å². The third-order valence-electron chi connectivity index (χ3n) is 3.24. The van der Waals surface area contributed by atoms with E-state index >= 15 is 0 Å². The summed E-state index contributed by atoms with van der Waals surface area (Å²) in [4.78, 5) is 12.4. The average molecular weight is 290 g/mol. The monoisotopic (exact) mass is 290 g/mol. The molecule has 2 aromatic heterocycles. The van der Waals surface area contributed by atoms with Crippen molar-refractivity contribution in [3.05, 3.63) is 34.4 Å². The summed E-state index contributed by atoms with van der Waals surface area (Å²) in [6.07, 6.45) is 1.51. The van der Waals surface area contributed by atoms with Gasteiger partial charge in [0.25, 0.3) is 0 Å². The van der Waals surface area contributed by atoms with Crippen molar-refractivity contribution in [1.29, 1.82) is 0 Å². The van der Waals surface area contributed by atoms with E-state index in [9.17, 15) is 4.79 Å². The molecule has 6 heteroatoms. The van der Waals surface area contributed by atoms with Crippen LogP contribution in [0.5, 0.6) is 11.5 Å². The van der Waals surface area contributed by atoms with Gasteiger partial charge in [-0.25, -0.2) is 0 Å². The van der Waals surface area contributed by atoms with Gasteiger partial charge in [-0.15, -0.1) is 0 Å². The minimum absolute atomic E-state index is 0.187. The Hall–Kier alpha value is -2.47. The molecule has 0 aliphatic carbocycles. The number of furan rings is 1. The molecular weight excluding hydrogens is 276 g/mol. The van der Waals surface area contributed by atoms with Crippen LogP contribution in [-0.2, 0) is 11.3 Å². The Labute approximate surface area is 119 Å². The van der Waals surface area contributed by atoms with Gasteiger partial charge in [-0.1, -0.05) is 0 Å². The molecule has 0 atom stereocenters. The van der Waals surface area contributed by atoms with Crippen molar-refractivity contribution in [2.75, 3.05) is 21.3 Å². The van der Waals surface area contributed by atoms with Crippen molar-refractivity contribution >= 4 is 21.9 Å². The predicted octanol–water partition coefficient (Wildman–Crippen LogP) is 2.70. The minimum Gasteiger partial charge on any atom is -0.495 e. The average Bonchev–Trinajstić information content (AvgIpc) is 2.94. The molecule has 0 radical (unpaired) electrons. The first-order chi connectivity index (χ1) is 10.2. The van der Waals surface area contributed by atoms with Crippen molar-refractivity contribution < 1.29 is 23.0 Å². The second-order valence-electron chi connectivity index (χ2n) is 4.44. The summed E-state index contributed by atoms with van der Waals surface area (Å²) < 4.78 is 26.9. The van der Waals surface area contributed by atoms with Crippen LogP contribution in [0.25, 0.3) is 21.9 Å². The maximum atomic E-state index is 12.4. The largest absolute Gasteiger partial charge is 0.495 e. The normalized spacial score (nSPS) is 11.2. The molecule has 3 aromatic rings. The molecule has 0 unspecified atom stereocenters.